The summed E-state index contributed by atoms with van der Waals surface area (Å²) in [6, 6.07) is 5.32. The van der Waals surface area contributed by atoms with Crippen LogP contribution >= 0.6 is 15.9 Å². The molecule has 6 heteroatoms. The highest BCUT2D eigenvalue weighted by molar-refractivity contribution is 9.10. The molecular formula is C12H7BrF3NO. The van der Waals surface area contributed by atoms with E-state index in [1.165, 1.54) is 12.1 Å². The van der Waals surface area contributed by atoms with E-state index in [4.69, 9.17) is 10.5 Å². The number of hydrogen-bond donors (Lipinski definition) is 1. The Hall–Kier alpha value is -1.69. The van der Waals surface area contributed by atoms with Gasteiger partial charge in [0.2, 0.25) is 0 Å². The van der Waals surface area contributed by atoms with Crippen molar-refractivity contribution in [3.05, 3.63) is 52.3 Å². The molecule has 0 saturated heterocycles. The minimum absolute atomic E-state index is 0.0820. The minimum Gasteiger partial charge on any atom is -0.455 e. The van der Waals surface area contributed by atoms with Gasteiger partial charge in [-0.1, -0.05) is 15.9 Å². The molecule has 0 aliphatic carbocycles. The molecule has 0 radical (unpaired) electrons. The molecule has 0 unspecified atom stereocenters. The van der Waals surface area contributed by atoms with E-state index in [1.807, 2.05) is 0 Å². The smallest absolute Gasteiger partial charge is 0.156 e. The van der Waals surface area contributed by atoms with Crippen LogP contribution in [0.15, 0.2) is 34.8 Å². The molecular weight excluding hydrogens is 311 g/mol. The molecule has 0 atom stereocenters. The zero-order valence-corrected chi connectivity index (χ0v) is 10.5. The second-order valence-corrected chi connectivity index (χ2v) is 4.42. The van der Waals surface area contributed by atoms with Crippen LogP contribution in [-0.4, -0.2) is 0 Å². The predicted octanol–water partition coefficient (Wildman–Crippen LogP) is 4.24. The highest BCUT2D eigenvalue weighted by Gasteiger charge is 2.11. The average Bonchev–Trinajstić information content (AvgIpc) is 2.23. The third-order valence-electron chi connectivity index (χ3n) is 2.12. The van der Waals surface area contributed by atoms with Gasteiger partial charge in [0.25, 0.3) is 0 Å². The molecule has 2 aromatic carbocycles. The van der Waals surface area contributed by atoms with Crippen molar-refractivity contribution >= 4 is 21.6 Å². The maximum absolute atomic E-state index is 13.2. The van der Waals surface area contributed by atoms with Gasteiger partial charge in [-0.3, -0.25) is 0 Å². The van der Waals surface area contributed by atoms with Crippen molar-refractivity contribution < 1.29 is 17.9 Å². The summed E-state index contributed by atoms with van der Waals surface area (Å²) in [5.74, 6) is -2.42. The summed E-state index contributed by atoms with van der Waals surface area (Å²) >= 11 is 3.07. The van der Waals surface area contributed by atoms with E-state index in [0.29, 0.717) is 10.5 Å². The zero-order valence-electron chi connectivity index (χ0n) is 8.88. The van der Waals surface area contributed by atoms with Gasteiger partial charge < -0.3 is 10.5 Å². The van der Waals surface area contributed by atoms with E-state index >= 15 is 0 Å². The van der Waals surface area contributed by atoms with Gasteiger partial charge in [0, 0.05) is 22.7 Å². The number of benzene rings is 2. The van der Waals surface area contributed by atoms with Gasteiger partial charge in [0.15, 0.2) is 11.6 Å². The molecule has 0 fully saturated rings. The number of ether oxygens (including phenoxy) is 1. The van der Waals surface area contributed by atoms with Crippen LogP contribution in [0.25, 0.3) is 0 Å². The Labute approximate surface area is 109 Å². The number of nitrogen functional groups attached to an aromatic ring is 1. The molecule has 0 aliphatic rings. The molecule has 0 spiro atoms. The Bertz CT molecular complexity index is 584. The second-order valence-electron chi connectivity index (χ2n) is 3.51. The van der Waals surface area contributed by atoms with Crippen molar-refractivity contribution in [1.82, 2.24) is 0 Å². The maximum Gasteiger partial charge on any atom is 0.156 e. The van der Waals surface area contributed by atoms with E-state index in [1.54, 1.807) is 0 Å². The van der Waals surface area contributed by atoms with Gasteiger partial charge in [-0.25, -0.2) is 13.2 Å². The first-order valence-corrected chi connectivity index (χ1v) is 5.63. The van der Waals surface area contributed by atoms with Crippen LogP contribution < -0.4 is 10.5 Å². The van der Waals surface area contributed by atoms with Crippen molar-refractivity contribution in [3.8, 4) is 11.5 Å². The molecule has 0 saturated carbocycles. The fraction of sp³-hybridized carbons (Fsp3) is 0. The lowest BCUT2D eigenvalue weighted by molar-refractivity contribution is 0.467. The molecule has 0 amide bonds. The Morgan fingerprint density at radius 2 is 1.61 bits per heavy atom. The van der Waals surface area contributed by atoms with Crippen LogP contribution in [-0.2, 0) is 0 Å². The number of hydrogen-bond acceptors (Lipinski definition) is 2. The van der Waals surface area contributed by atoms with E-state index in [-0.39, 0.29) is 17.2 Å². The molecule has 2 aromatic rings. The quantitative estimate of drug-likeness (QED) is 0.841. The Balaban J connectivity index is 2.39. The summed E-state index contributed by atoms with van der Waals surface area (Å²) in [6.45, 7) is 0. The van der Waals surface area contributed by atoms with Crippen molar-refractivity contribution in [2.24, 2.45) is 0 Å². The Morgan fingerprint density at radius 1 is 0.944 bits per heavy atom. The summed E-state index contributed by atoms with van der Waals surface area (Å²) in [6.07, 6.45) is 0. The van der Waals surface area contributed by atoms with Crippen molar-refractivity contribution in [1.29, 1.82) is 0 Å². The third-order valence-corrected chi connectivity index (χ3v) is 2.58. The lowest BCUT2D eigenvalue weighted by Crippen LogP contribution is -1.97. The molecule has 94 valence electrons. The summed E-state index contributed by atoms with van der Waals surface area (Å²) in [4.78, 5) is 0. The number of anilines is 1. The van der Waals surface area contributed by atoms with Crippen molar-refractivity contribution in [3.63, 3.8) is 0 Å². The molecule has 2 nitrogen and oxygen atoms in total. The zero-order chi connectivity index (χ0) is 13.3. The van der Waals surface area contributed by atoms with Crippen molar-refractivity contribution in [2.45, 2.75) is 0 Å². The normalized spacial score (nSPS) is 10.4. The standard InChI is InChI=1S/C12H7BrF3NO/c13-6-1-7(14)3-9(2-6)18-11-5-8(15)4-10(16)12(11)17/h1-5H,17H2. The van der Waals surface area contributed by atoms with Crippen LogP contribution in [0.5, 0.6) is 11.5 Å². The second kappa shape index (κ2) is 4.89. The number of rotatable bonds is 2. The lowest BCUT2D eigenvalue weighted by atomic mass is 10.2. The van der Waals surface area contributed by atoms with Gasteiger partial charge in [-0.05, 0) is 12.1 Å². The van der Waals surface area contributed by atoms with Gasteiger partial charge in [0.1, 0.15) is 23.1 Å². The van der Waals surface area contributed by atoms with Gasteiger partial charge >= 0.3 is 0 Å². The first kappa shape index (κ1) is 12.8. The predicted molar refractivity (Wildman–Crippen MR) is 64.9 cm³/mol. The summed E-state index contributed by atoms with van der Waals surface area (Å²) in [5.41, 5.74) is 5.07. The molecule has 0 aliphatic heterocycles. The van der Waals surface area contributed by atoms with Crippen LogP contribution in [0.2, 0.25) is 0 Å². The summed E-state index contributed by atoms with van der Waals surface area (Å²) in [7, 11) is 0. The molecule has 0 heterocycles. The van der Waals surface area contributed by atoms with Crippen LogP contribution in [0.4, 0.5) is 18.9 Å². The summed E-state index contributed by atoms with van der Waals surface area (Å²) < 4.78 is 44.9. The maximum atomic E-state index is 13.2. The number of halogens is 4. The van der Waals surface area contributed by atoms with E-state index < -0.39 is 17.5 Å². The van der Waals surface area contributed by atoms with E-state index in [9.17, 15) is 13.2 Å². The van der Waals surface area contributed by atoms with Crippen LogP contribution in [0, 0.1) is 17.5 Å². The SMILES string of the molecule is Nc1c(F)cc(F)cc1Oc1cc(F)cc(Br)c1. The monoisotopic (exact) mass is 317 g/mol. The highest BCUT2D eigenvalue weighted by Crippen LogP contribution is 2.32. The third kappa shape index (κ3) is 2.76. The number of nitrogens with two attached hydrogens (primary N) is 1. The molecule has 0 bridgehead atoms. The minimum atomic E-state index is -0.930. The molecule has 2 rings (SSSR count). The fourth-order valence-electron chi connectivity index (χ4n) is 1.36. The average molecular weight is 318 g/mol. The first-order chi connectivity index (χ1) is 8.45. The highest BCUT2D eigenvalue weighted by atomic mass is 79.9. The Kier molecular flexibility index (Phi) is 3.47. The summed E-state index contributed by atoms with van der Waals surface area (Å²) in [5, 5.41) is 0. The first-order valence-electron chi connectivity index (χ1n) is 4.84. The van der Waals surface area contributed by atoms with Gasteiger partial charge in [-0.2, -0.15) is 0 Å². The molecule has 2 N–H and O–H groups in total. The van der Waals surface area contributed by atoms with Crippen molar-refractivity contribution in [2.75, 3.05) is 5.73 Å². The van der Waals surface area contributed by atoms with Crippen LogP contribution in [0.1, 0.15) is 0 Å². The largest absolute Gasteiger partial charge is 0.455 e. The van der Waals surface area contributed by atoms with Gasteiger partial charge in [0.05, 0.1) is 0 Å². The van der Waals surface area contributed by atoms with E-state index in [0.717, 1.165) is 12.1 Å². The van der Waals surface area contributed by atoms with Gasteiger partial charge in [-0.15, -0.1) is 0 Å². The van der Waals surface area contributed by atoms with Crippen LogP contribution in [0.3, 0.4) is 0 Å². The fourth-order valence-corrected chi connectivity index (χ4v) is 1.80. The molecule has 18 heavy (non-hydrogen) atoms. The van der Waals surface area contributed by atoms with E-state index in [2.05, 4.69) is 15.9 Å². The molecule has 0 aromatic heterocycles. The Morgan fingerprint density at radius 3 is 2.28 bits per heavy atom. The topological polar surface area (TPSA) is 35.2 Å². The lowest BCUT2D eigenvalue weighted by Gasteiger charge is -2.09.